The number of allylic oxidation sites excluding steroid dienone is 1. The van der Waals surface area contributed by atoms with Crippen molar-refractivity contribution in [2.24, 2.45) is 5.41 Å². The third kappa shape index (κ3) is 7.63. The Labute approximate surface area is 309 Å². The predicted octanol–water partition coefficient (Wildman–Crippen LogP) is 7.86. The van der Waals surface area contributed by atoms with Crippen molar-refractivity contribution in [3.05, 3.63) is 41.6 Å². The van der Waals surface area contributed by atoms with Crippen molar-refractivity contribution < 1.29 is 27.8 Å². The fourth-order valence-corrected chi connectivity index (χ4v) is 8.05. The molecule has 0 atom stereocenters. The molecule has 0 unspecified atom stereocenters. The number of carbonyl (C=O) groups is 1. The number of likely N-dealkylation sites (tertiary alicyclic amines) is 2. The number of rotatable bonds is 9. The maximum atomic E-state index is 14.0. The molecular formula is C40H51F2N7O4. The van der Waals surface area contributed by atoms with Gasteiger partial charge in [-0.05, 0) is 95.7 Å². The number of alkyl halides is 2. The molecule has 53 heavy (non-hydrogen) atoms. The lowest BCUT2D eigenvalue weighted by Crippen LogP contribution is -2.62. The van der Waals surface area contributed by atoms with Crippen LogP contribution in [0.5, 0.6) is 11.8 Å². The summed E-state index contributed by atoms with van der Waals surface area (Å²) in [7, 11) is 0. The molecule has 1 amide bonds. The molecule has 1 N–H and O–H groups in total. The van der Waals surface area contributed by atoms with Crippen molar-refractivity contribution in [2.45, 2.75) is 85.4 Å². The topological polar surface area (TPSA) is 109 Å². The molecule has 1 spiro atoms. The van der Waals surface area contributed by atoms with Crippen LogP contribution in [0.1, 0.15) is 71.4 Å². The third-order valence-corrected chi connectivity index (χ3v) is 10.8. The molecule has 3 aliphatic heterocycles. The van der Waals surface area contributed by atoms with E-state index in [4.69, 9.17) is 24.2 Å². The summed E-state index contributed by atoms with van der Waals surface area (Å²) in [6.07, 6.45) is 6.03. The Morgan fingerprint density at radius 1 is 1.08 bits per heavy atom. The Kier molecular flexibility index (Phi) is 10.2. The average molecular weight is 732 g/mol. The lowest BCUT2D eigenvalue weighted by Gasteiger charge is -2.53. The first-order valence-corrected chi connectivity index (χ1v) is 18.8. The number of hydrogen-bond donors (Lipinski definition) is 1. The molecule has 0 bridgehead atoms. The molecule has 3 aliphatic rings. The lowest BCUT2D eigenvalue weighted by molar-refractivity contribution is -0.0434. The molecule has 3 fully saturated rings. The van der Waals surface area contributed by atoms with E-state index >= 15 is 0 Å². The van der Waals surface area contributed by atoms with Gasteiger partial charge in [0.2, 0.25) is 0 Å². The fraction of sp³-hybridized carbons (Fsp3) is 0.550. The number of anilines is 1. The SMILES string of the molecule is C/C=C/c1cc2c(N3CCC4(CC3)CN(C(=O)OC(C)(C)C)C4)nc(OC3CCN(CC)CC3)nc2c(OCC(F)F)c1-c1c(C)ccc2[nH]ncc12. The monoisotopic (exact) mass is 731 g/mol. The van der Waals surface area contributed by atoms with Gasteiger partial charge in [0.05, 0.1) is 11.7 Å². The second kappa shape index (κ2) is 14.7. The highest BCUT2D eigenvalue weighted by molar-refractivity contribution is 6.07. The van der Waals surface area contributed by atoms with Gasteiger partial charge in [0.25, 0.3) is 6.43 Å². The van der Waals surface area contributed by atoms with Crippen LogP contribution in [0.25, 0.3) is 39.0 Å². The summed E-state index contributed by atoms with van der Waals surface area (Å²) < 4.78 is 46.4. The highest BCUT2D eigenvalue weighted by atomic mass is 19.3. The smallest absolute Gasteiger partial charge is 0.410 e. The summed E-state index contributed by atoms with van der Waals surface area (Å²) in [5.74, 6) is 0.953. The number of benzene rings is 2. The van der Waals surface area contributed by atoms with E-state index in [2.05, 4.69) is 33.0 Å². The highest BCUT2D eigenvalue weighted by Gasteiger charge is 2.48. The van der Waals surface area contributed by atoms with Gasteiger partial charge in [-0.25, -0.2) is 13.6 Å². The van der Waals surface area contributed by atoms with E-state index < -0.39 is 18.6 Å². The number of ether oxygens (including phenoxy) is 3. The Bertz CT molecular complexity index is 1980. The maximum absolute atomic E-state index is 14.0. The van der Waals surface area contributed by atoms with Crippen LogP contribution in [0, 0.1) is 12.3 Å². The molecule has 0 saturated carbocycles. The number of fused-ring (bicyclic) bond motifs is 2. The minimum atomic E-state index is -2.70. The number of H-pyrrole nitrogens is 1. The van der Waals surface area contributed by atoms with Crippen LogP contribution in [-0.4, -0.2) is 107 Å². The van der Waals surface area contributed by atoms with Crippen LogP contribution in [-0.2, 0) is 4.74 Å². The number of carbonyl (C=O) groups excluding carboxylic acids is 1. The zero-order valence-corrected chi connectivity index (χ0v) is 31.7. The quantitative estimate of drug-likeness (QED) is 0.184. The van der Waals surface area contributed by atoms with E-state index in [9.17, 15) is 13.6 Å². The second-order valence-corrected chi connectivity index (χ2v) is 15.8. The number of aryl methyl sites for hydroxylation is 1. The summed E-state index contributed by atoms with van der Waals surface area (Å²) in [4.78, 5) is 29.2. The van der Waals surface area contributed by atoms with Gasteiger partial charge in [0, 0.05) is 61.0 Å². The van der Waals surface area contributed by atoms with Crippen LogP contribution in [0.2, 0.25) is 0 Å². The summed E-state index contributed by atoms with van der Waals surface area (Å²) in [6.45, 7) is 16.5. The first-order valence-electron chi connectivity index (χ1n) is 18.8. The second-order valence-electron chi connectivity index (χ2n) is 15.8. The van der Waals surface area contributed by atoms with Crippen molar-refractivity contribution in [3.8, 4) is 22.9 Å². The first-order chi connectivity index (χ1) is 25.4. The summed E-state index contributed by atoms with van der Waals surface area (Å²) in [5.41, 5.74) is 3.97. The van der Waals surface area contributed by atoms with Gasteiger partial charge in [-0.2, -0.15) is 15.1 Å². The lowest BCUT2D eigenvalue weighted by atomic mass is 9.72. The van der Waals surface area contributed by atoms with Gasteiger partial charge in [-0.15, -0.1) is 0 Å². The predicted molar refractivity (Wildman–Crippen MR) is 203 cm³/mol. The molecule has 5 heterocycles. The zero-order chi connectivity index (χ0) is 37.5. The molecule has 2 aromatic carbocycles. The summed E-state index contributed by atoms with van der Waals surface area (Å²) >= 11 is 0. The Hall–Kier alpha value is -4.52. The molecule has 7 rings (SSSR count). The number of aromatic nitrogens is 4. The molecule has 13 heteroatoms. The molecule has 284 valence electrons. The molecule has 2 aromatic heterocycles. The van der Waals surface area contributed by atoms with Crippen LogP contribution in [0.15, 0.2) is 30.5 Å². The van der Waals surface area contributed by atoms with Gasteiger partial charge >= 0.3 is 12.1 Å². The number of hydrogen-bond acceptors (Lipinski definition) is 9. The minimum absolute atomic E-state index is 0.0123. The zero-order valence-electron chi connectivity index (χ0n) is 31.7. The number of halogens is 2. The Morgan fingerprint density at radius 2 is 1.81 bits per heavy atom. The van der Waals surface area contributed by atoms with E-state index in [1.165, 1.54) is 0 Å². The van der Waals surface area contributed by atoms with E-state index in [1.807, 2.05) is 58.9 Å². The van der Waals surface area contributed by atoms with Crippen molar-refractivity contribution >= 4 is 39.8 Å². The fourth-order valence-electron chi connectivity index (χ4n) is 8.05. The van der Waals surface area contributed by atoms with E-state index in [0.717, 1.165) is 72.9 Å². The van der Waals surface area contributed by atoms with Gasteiger partial charge in [0.1, 0.15) is 29.6 Å². The van der Waals surface area contributed by atoms with Crippen LogP contribution < -0.4 is 14.4 Å². The van der Waals surface area contributed by atoms with Crippen molar-refractivity contribution in [2.75, 3.05) is 57.3 Å². The number of nitrogens with one attached hydrogen (secondary N) is 1. The van der Waals surface area contributed by atoms with E-state index in [1.54, 1.807) is 11.1 Å². The molecule has 11 nitrogen and oxygen atoms in total. The minimum Gasteiger partial charge on any atom is -0.485 e. The Balaban J connectivity index is 1.32. The largest absolute Gasteiger partial charge is 0.485 e. The molecule has 0 radical (unpaired) electrons. The highest BCUT2D eigenvalue weighted by Crippen LogP contribution is 2.48. The molecular weight excluding hydrogens is 680 g/mol. The standard InChI is InChI=1S/C40H51F2N7O4/c1-7-9-26-20-28-34(35(51-22-31(41)42)33(26)32-25(3)10-11-30-29(32)21-43-46-30)44-37(52-27-12-16-47(8-2)17-13-27)45-36(28)48-18-14-40(15-19-48)23-49(24-40)38(50)53-39(4,5)6/h7,9-11,20-21,27,31H,8,12-19,22-24H2,1-6H3,(H,43,46)/b9-7+. The summed E-state index contributed by atoms with van der Waals surface area (Å²) in [5, 5.41) is 8.91. The number of piperidine rings is 2. The molecule has 3 saturated heterocycles. The van der Waals surface area contributed by atoms with Crippen molar-refractivity contribution in [3.63, 3.8) is 0 Å². The van der Waals surface area contributed by atoms with Crippen LogP contribution >= 0.6 is 0 Å². The van der Waals surface area contributed by atoms with E-state index in [-0.39, 0.29) is 29.4 Å². The summed E-state index contributed by atoms with van der Waals surface area (Å²) in [6, 6.07) is 6.22. The molecule has 0 aliphatic carbocycles. The normalized spacial score (nSPS) is 18.4. The van der Waals surface area contributed by atoms with Gasteiger partial charge in [-0.1, -0.05) is 25.1 Å². The van der Waals surface area contributed by atoms with Crippen LogP contribution in [0.3, 0.4) is 0 Å². The van der Waals surface area contributed by atoms with Crippen molar-refractivity contribution in [1.29, 1.82) is 0 Å². The van der Waals surface area contributed by atoms with Gasteiger partial charge < -0.3 is 28.9 Å². The van der Waals surface area contributed by atoms with E-state index in [0.29, 0.717) is 48.5 Å². The number of aromatic amines is 1. The Morgan fingerprint density at radius 3 is 2.47 bits per heavy atom. The third-order valence-electron chi connectivity index (χ3n) is 10.8. The van der Waals surface area contributed by atoms with Gasteiger partial charge in [-0.3, -0.25) is 5.10 Å². The van der Waals surface area contributed by atoms with Gasteiger partial charge in [0.15, 0.2) is 5.75 Å². The van der Waals surface area contributed by atoms with Crippen LogP contribution in [0.4, 0.5) is 19.4 Å². The number of amides is 1. The molecule has 4 aromatic rings. The maximum Gasteiger partial charge on any atom is 0.410 e. The first kappa shape index (κ1) is 36.8. The van der Waals surface area contributed by atoms with Crippen molar-refractivity contribution in [1.82, 2.24) is 30.0 Å². The average Bonchev–Trinajstić information content (AvgIpc) is 3.58. The number of nitrogens with zero attached hydrogens (tertiary/aromatic N) is 6.